The first kappa shape index (κ1) is 21.4. The van der Waals surface area contributed by atoms with E-state index in [4.69, 9.17) is 0 Å². The molecular weight excluding hydrogens is 466 g/mol. The van der Waals surface area contributed by atoms with E-state index < -0.39 is 22.9 Å². The third-order valence-electron chi connectivity index (χ3n) is 4.52. The molecule has 0 amide bonds. The second kappa shape index (κ2) is 10.2. The van der Waals surface area contributed by atoms with Crippen LogP contribution in [-0.2, 0) is 22.9 Å². The zero-order valence-electron chi connectivity index (χ0n) is 13.5. The molecule has 2 aliphatic carbocycles. The third-order valence-corrected chi connectivity index (χ3v) is 10.2. The summed E-state index contributed by atoms with van der Waals surface area (Å²) in [5.41, 5.74) is 3.41. The summed E-state index contributed by atoms with van der Waals surface area (Å²) in [7, 11) is 0. The summed E-state index contributed by atoms with van der Waals surface area (Å²) >= 11 is -0.764. The number of halogens is 2. The maximum Gasteiger partial charge on any atom is -1.00 e. The molecule has 0 N–H and O–H groups in total. The van der Waals surface area contributed by atoms with Crippen molar-refractivity contribution in [2.45, 2.75) is 53.4 Å². The summed E-state index contributed by atoms with van der Waals surface area (Å²) in [6.07, 6.45) is 14.7. The Balaban J connectivity index is 0.00000200. The van der Waals surface area contributed by atoms with Gasteiger partial charge in [-0.3, -0.25) is 0 Å². The van der Waals surface area contributed by atoms with E-state index in [-0.39, 0.29) is 24.8 Å². The summed E-state index contributed by atoms with van der Waals surface area (Å²) in [5.74, 6) is 1.53. The van der Waals surface area contributed by atoms with E-state index in [0.717, 1.165) is 11.8 Å². The van der Waals surface area contributed by atoms with E-state index >= 15 is 0 Å². The fraction of sp³-hybridized carbons (Fsp3) is 0.556. The van der Waals surface area contributed by atoms with Gasteiger partial charge in [-0.1, -0.05) is 0 Å². The predicted octanol–water partition coefficient (Wildman–Crippen LogP) is -0.403. The maximum absolute atomic E-state index is 2.42. The average molecular weight is 492 g/mol. The van der Waals surface area contributed by atoms with Crippen molar-refractivity contribution in [2.75, 3.05) is 0 Å². The van der Waals surface area contributed by atoms with Gasteiger partial charge in [-0.05, 0) is 0 Å². The van der Waals surface area contributed by atoms with Gasteiger partial charge in [0.2, 0.25) is 0 Å². The van der Waals surface area contributed by atoms with Crippen LogP contribution in [0.2, 0.25) is 0 Å². The first-order chi connectivity index (χ1) is 9.17. The quantitative estimate of drug-likeness (QED) is 0.444. The van der Waals surface area contributed by atoms with E-state index in [1.54, 1.807) is 11.1 Å². The van der Waals surface area contributed by atoms with Gasteiger partial charge < -0.3 is 24.8 Å². The van der Waals surface area contributed by atoms with Gasteiger partial charge in [-0.25, -0.2) is 0 Å². The van der Waals surface area contributed by atoms with Crippen molar-refractivity contribution >= 4 is 0 Å². The van der Waals surface area contributed by atoms with Crippen LogP contribution >= 0.6 is 0 Å². The van der Waals surface area contributed by atoms with E-state index in [1.807, 2.05) is 6.66 Å². The monoisotopic (exact) mass is 492 g/mol. The van der Waals surface area contributed by atoms with Crippen molar-refractivity contribution in [3.05, 3.63) is 42.1 Å². The van der Waals surface area contributed by atoms with Gasteiger partial charge >= 0.3 is 130 Å². The van der Waals surface area contributed by atoms with E-state index in [9.17, 15) is 0 Å². The van der Waals surface area contributed by atoms with E-state index in [2.05, 4.69) is 52.0 Å². The molecular formula is C18H26Cl2Hf. The minimum atomic E-state index is -0.764. The Kier molecular flexibility index (Phi) is 10.4. The molecule has 0 bridgehead atoms. The largest absolute Gasteiger partial charge is 1.00 e. The van der Waals surface area contributed by atoms with Gasteiger partial charge in [-0.15, -0.1) is 0 Å². The molecule has 2 atom stereocenters. The van der Waals surface area contributed by atoms with E-state index in [1.165, 1.54) is 25.7 Å². The van der Waals surface area contributed by atoms with Crippen LogP contribution in [0.15, 0.2) is 42.1 Å². The van der Waals surface area contributed by atoms with Crippen LogP contribution in [0, 0.1) is 11.8 Å². The second-order valence-electron chi connectivity index (χ2n) is 5.82. The third kappa shape index (κ3) is 5.22. The van der Waals surface area contributed by atoms with Crippen LogP contribution in [-0.4, -0.2) is 0 Å². The summed E-state index contributed by atoms with van der Waals surface area (Å²) in [5, 5.41) is 0. The molecule has 0 fully saturated rings. The maximum atomic E-state index is 2.42. The van der Waals surface area contributed by atoms with E-state index in [0.29, 0.717) is 0 Å². The number of hydrogen-bond donors (Lipinski definition) is 0. The molecule has 0 aromatic rings. The normalized spacial score (nSPS) is 19.2. The first-order valence-electron chi connectivity index (χ1n) is 7.73. The van der Waals surface area contributed by atoms with Gasteiger partial charge in [0.1, 0.15) is 0 Å². The Morgan fingerprint density at radius 2 is 1.24 bits per heavy atom. The van der Waals surface area contributed by atoms with Crippen LogP contribution < -0.4 is 24.8 Å². The molecule has 0 heterocycles. The van der Waals surface area contributed by atoms with Crippen LogP contribution in [0.3, 0.4) is 0 Å². The standard InChI is InChI=1S/2C9H13.2ClH.Hf/c2*1-3-8(2)9-6-4-5-7-9;;;/h2*4,6,8H,3,5H2,1-2H3;2*1H;/q;;;;+2/p-2. The molecule has 0 spiro atoms. The fourth-order valence-corrected chi connectivity index (χ4v) is 9.13. The Morgan fingerprint density at radius 3 is 1.57 bits per heavy atom. The minimum Gasteiger partial charge on any atom is -1.00 e. The molecule has 116 valence electrons. The molecule has 2 unspecified atom stereocenters. The Bertz CT molecular complexity index is 416. The van der Waals surface area contributed by atoms with Crippen molar-refractivity contribution in [3.8, 4) is 0 Å². The Hall–Kier alpha value is 0.410. The molecule has 0 aromatic heterocycles. The molecule has 21 heavy (non-hydrogen) atoms. The van der Waals surface area contributed by atoms with Gasteiger partial charge in [-0.2, -0.15) is 0 Å². The molecule has 0 nitrogen and oxygen atoms in total. The molecule has 0 aliphatic heterocycles. The zero-order chi connectivity index (χ0) is 13.8. The summed E-state index contributed by atoms with van der Waals surface area (Å²) in [6.45, 7) is 9.42. The topological polar surface area (TPSA) is 0 Å². The SMILES string of the molecule is CCC(C)C1=[C]([Hf+2][C]2=C(C(C)CC)C=CC2)CC=C1.[Cl-].[Cl-]. The van der Waals surface area contributed by atoms with Gasteiger partial charge in [0.15, 0.2) is 0 Å². The molecule has 2 aliphatic rings. The van der Waals surface area contributed by atoms with Gasteiger partial charge in [0.05, 0.1) is 0 Å². The predicted molar refractivity (Wildman–Crippen MR) is 80.5 cm³/mol. The smallest absolute Gasteiger partial charge is 1.00 e. The molecule has 2 rings (SSSR count). The fourth-order valence-electron chi connectivity index (χ4n) is 2.84. The average Bonchev–Trinajstić information content (AvgIpc) is 3.06. The van der Waals surface area contributed by atoms with Gasteiger partial charge in [0.25, 0.3) is 0 Å². The molecule has 3 heteroatoms. The Labute approximate surface area is 154 Å². The van der Waals surface area contributed by atoms with Crippen LogP contribution in [0.1, 0.15) is 53.4 Å². The Morgan fingerprint density at radius 1 is 0.857 bits per heavy atom. The zero-order valence-corrected chi connectivity index (χ0v) is 18.7. The van der Waals surface area contributed by atoms with Crippen LogP contribution in [0.25, 0.3) is 0 Å². The van der Waals surface area contributed by atoms with Crippen molar-refractivity contribution < 1.29 is 47.7 Å². The molecule has 0 radical (unpaired) electrons. The number of hydrogen-bond acceptors (Lipinski definition) is 0. The van der Waals surface area contributed by atoms with Crippen molar-refractivity contribution in [1.29, 1.82) is 0 Å². The molecule has 0 aromatic carbocycles. The number of allylic oxidation sites excluding steroid dienone is 8. The molecule has 0 saturated heterocycles. The van der Waals surface area contributed by atoms with Crippen molar-refractivity contribution in [2.24, 2.45) is 11.8 Å². The van der Waals surface area contributed by atoms with Crippen molar-refractivity contribution in [3.63, 3.8) is 0 Å². The minimum absolute atomic E-state index is 0. The number of rotatable bonds is 6. The molecule has 0 saturated carbocycles. The van der Waals surface area contributed by atoms with Crippen molar-refractivity contribution in [1.82, 2.24) is 0 Å². The van der Waals surface area contributed by atoms with Crippen LogP contribution in [0.5, 0.6) is 0 Å². The van der Waals surface area contributed by atoms with Crippen LogP contribution in [0.4, 0.5) is 0 Å². The summed E-state index contributed by atoms with van der Waals surface area (Å²) in [6, 6.07) is 0. The summed E-state index contributed by atoms with van der Waals surface area (Å²) < 4.78 is 3.74. The first-order valence-corrected chi connectivity index (χ1v) is 11.3. The second-order valence-corrected chi connectivity index (χ2v) is 11.1. The summed E-state index contributed by atoms with van der Waals surface area (Å²) in [4.78, 5) is 0. The van der Waals surface area contributed by atoms with Gasteiger partial charge in [0, 0.05) is 0 Å².